The summed E-state index contributed by atoms with van der Waals surface area (Å²) < 4.78 is 32.7. The van der Waals surface area contributed by atoms with Crippen molar-refractivity contribution in [2.24, 2.45) is 56.7 Å². The molecule has 0 aliphatic heterocycles. The van der Waals surface area contributed by atoms with Gasteiger partial charge in [0.05, 0.1) is 17.3 Å². The van der Waals surface area contributed by atoms with Gasteiger partial charge in [-0.05, 0) is 191 Å². The maximum absolute atomic E-state index is 14.8. The first-order valence-electron chi connectivity index (χ1n) is 24.0. The predicted molar refractivity (Wildman–Crippen MR) is 243 cm³/mol. The van der Waals surface area contributed by atoms with E-state index < -0.39 is 34.8 Å². The molecule has 0 heterocycles. The number of rotatable bonds is 11. The van der Waals surface area contributed by atoms with Gasteiger partial charge in [0.2, 0.25) is 0 Å². The van der Waals surface area contributed by atoms with E-state index in [4.69, 9.17) is 4.74 Å². The van der Waals surface area contributed by atoms with Crippen LogP contribution in [0.2, 0.25) is 0 Å². The number of nitrogens with one attached hydrogen (secondary N) is 1. The summed E-state index contributed by atoms with van der Waals surface area (Å²) in [6.07, 6.45) is 23.3. The standard InChI is InChI=1S/C53H78FNO4S/c1-36(2)40-20-29-53(55-33-32-52(57)27-18-39(19-28-52)60(8)58)31-30-49(6)42(45(40)53)14-15-44-48(5)23-21-41(47(3,4)43(48)22-24-50(44,49)7)38-16-25-51(35-54,26-17-38)46(56)59-34-37-12-10-9-11-13-37/h9-13,16,21,39-40,42-45,55,57H,1,14-15,17-20,22-35H2,2-8H3/t39-,40-,42+,43-,44+,45+,48-,49+,50+,51+,52+,53-,60?/m0/s1. The van der Waals surface area contributed by atoms with E-state index >= 15 is 0 Å². The lowest BCUT2D eigenvalue weighted by atomic mass is 9.33. The van der Waals surface area contributed by atoms with Crippen molar-refractivity contribution in [3.63, 3.8) is 0 Å². The quantitative estimate of drug-likeness (QED) is 0.132. The second-order valence-electron chi connectivity index (χ2n) is 22.9. The minimum absolute atomic E-state index is 0.0134. The van der Waals surface area contributed by atoms with E-state index in [1.165, 1.54) is 68.1 Å². The Labute approximate surface area is 365 Å². The Kier molecular flexibility index (Phi) is 12.1. The lowest BCUT2D eigenvalue weighted by molar-refractivity contribution is -0.221. The fraction of sp³-hybridized carbons (Fsp3) is 0.755. The summed E-state index contributed by atoms with van der Waals surface area (Å²) in [5, 5.41) is 16.1. The smallest absolute Gasteiger partial charge is 0.315 e. The number of allylic oxidation sites excluding steroid dienone is 5. The van der Waals surface area contributed by atoms with Crippen LogP contribution in [0.3, 0.4) is 0 Å². The van der Waals surface area contributed by atoms with Crippen LogP contribution < -0.4 is 5.32 Å². The van der Waals surface area contributed by atoms with Gasteiger partial charge in [-0.2, -0.15) is 0 Å². The topological polar surface area (TPSA) is 81.6 Å². The summed E-state index contributed by atoms with van der Waals surface area (Å²) in [6, 6.07) is 9.68. The monoisotopic (exact) mass is 844 g/mol. The fourth-order valence-electron chi connectivity index (χ4n) is 16.2. The molecule has 1 unspecified atom stereocenters. The van der Waals surface area contributed by atoms with Crippen molar-refractivity contribution in [1.82, 2.24) is 5.32 Å². The first-order chi connectivity index (χ1) is 28.4. The average Bonchev–Trinajstić information content (AvgIpc) is 3.60. The SMILES string of the molecule is C=C(C)[C@@H]1CC[C@]2(NCC[C@]3(O)CC[C@@H]([S+](C)[O-])CC3)CC[C@]3(C)[C@H](CC[C@@H]4[C@@]5(C)CC=C(C6=CC[C@@](CF)(C(=O)OCc7ccccc7)CC6)C(C)(C)[C@@H]5CC[C@]43C)[C@@H]12. The lowest BCUT2D eigenvalue weighted by Gasteiger charge is -2.72. The van der Waals surface area contributed by atoms with Gasteiger partial charge < -0.3 is 19.7 Å². The second-order valence-corrected chi connectivity index (χ2v) is 24.6. The van der Waals surface area contributed by atoms with Crippen LogP contribution in [-0.2, 0) is 27.3 Å². The van der Waals surface area contributed by atoms with Gasteiger partial charge in [0, 0.05) is 5.54 Å². The van der Waals surface area contributed by atoms with Crippen LogP contribution in [0.15, 0.2) is 65.8 Å². The van der Waals surface area contributed by atoms with Crippen LogP contribution in [0.5, 0.6) is 0 Å². The van der Waals surface area contributed by atoms with Gasteiger partial charge in [0.1, 0.15) is 18.5 Å². The number of hydrogen-bond donors (Lipinski definition) is 2. The molecule has 8 rings (SSSR count). The Morgan fingerprint density at radius 3 is 2.28 bits per heavy atom. The molecule has 2 N–H and O–H groups in total. The molecule has 1 aromatic rings. The van der Waals surface area contributed by atoms with E-state index in [1.807, 2.05) is 36.6 Å². The molecule has 0 spiro atoms. The van der Waals surface area contributed by atoms with Crippen molar-refractivity contribution in [2.75, 3.05) is 19.5 Å². The Morgan fingerprint density at radius 2 is 1.63 bits per heavy atom. The molecule has 11 atom stereocenters. The van der Waals surface area contributed by atoms with Crippen LogP contribution in [0, 0.1) is 56.7 Å². The minimum atomic E-state index is -1.10. The van der Waals surface area contributed by atoms with Crippen LogP contribution in [0.4, 0.5) is 4.39 Å². The lowest BCUT2D eigenvalue weighted by Crippen LogP contribution is -2.68. The number of alkyl halides is 1. The van der Waals surface area contributed by atoms with Gasteiger partial charge in [-0.1, -0.05) is 100 Å². The molecule has 0 aromatic heterocycles. The van der Waals surface area contributed by atoms with E-state index in [0.29, 0.717) is 48.9 Å². The first kappa shape index (κ1) is 44.7. The molecule has 0 radical (unpaired) electrons. The van der Waals surface area contributed by atoms with Crippen LogP contribution >= 0.6 is 0 Å². The Morgan fingerprint density at radius 1 is 0.900 bits per heavy atom. The van der Waals surface area contributed by atoms with Crippen LogP contribution in [0.1, 0.15) is 156 Å². The van der Waals surface area contributed by atoms with Crippen LogP contribution in [-0.4, -0.2) is 51.5 Å². The summed E-state index contributed by atoms with van der Waals surface area (Å²) in [7, 11) is 0. The molecule has 5 saturated carbocycles. The van der Waals surface area contributed by atoms with Gasteiger partial charge in [-0.15, -0.1) is 0 Å². The van der Waals surface area contributed by atoms with E-state index in [-0.39, 0.29) is 39.1 Å². The summed E-state index contributed by atoms with van der Waals surface area (Å²) in [6.45, 7) is 20.3. The number of esters is 1. The molecule has 1 aromatic carbocycles. The number of benzene rings is 1. The summed E-state index contributed by atoms with van der Waals surface area (Å²) in [5.74, 6) is 2.56. The Hall–Kier alpha value is -1.93. The summed E-state index contributed by atoms with van der Waals surface area (Å²) >= 11 is -0.808. The zero-order valence-corrected chi connectivity index (χ0v) is 39.1. The molecule has 7 aliphatic rings. The van der Waals surface area contributed by atoms with E-state index in [0.717, 1.165) is 50.6 Å². The van der Waals surface area contributed by atoms with Crippen molar-refractivity contribution in [3.05, 3.63) is 71.3 Å². The maximum Gasteiger partial charge on any atom is 0.315 e. The molecule has 0 amide bonds. The molecule has 5 nitrogen and oxygen atoms in total. The third kappa shape index (κ3) is 7.26. The average molecular weight is 844 g/mol. The fourth-order valence-corrected chi connectivity index (χ4v) is 17.1. The number of carbonyl (C=O) groups excluding carboxylic acids is 1. The molecule has 332 valence electrons. The normalized spacial score (nSPS) is 43.9. The van der Waals surface area contributed by atoms with Crippen LogP contribution in [0.25, 0.3) is 0 Å². The van der Waals surface area contributed by atoms with Crippen molar-refractivity contribution in [3.8, 4) is 0 Å². The number of ether oxygens (including phenoxy) is 1. The molecule has 7 aliphatic carbocycles. The number of carbonyl (C=O) groups is 1. The molecular weight excluding hydrogens is 766 g/mol. The summed E-state index contributed by atoms with van der Waals surface area (Å²) in [5.41, 5.74) is 4.09. The van der Waals surface area contributed by atoms with Gasteiger partial charge >= 0.3 is 5.97 Å². The van der Waals surface area contributed by atoms with Crippen molar-refractivity contribution in [2.45, 2.75) is 174 Å². The number of fused-ring (bicyclic) bond motifs is 7. The summed E-state index contributed by atoms with van der Waals surface area (Å²) in [4.78, 5) is 13.4. The molecule has 7 heteroatoms. The Bertz CT molecular complexity index is 1830. The van der Waals surface area contributed by atoms with Crippen molar-refractivity contribution in [1.29, 1.82) is 0 Å². The largest absolute Gasteiger partial charge is 0.616 e. The number of hydrogen-bond acceptors (Lipinski definition) is 5. The second kappa shape index (κ2) is 16.3. The third-order valence-electron chi connectivity index (χ3n) is 19.9. The highest BCUT2D eigenvalue weighted by molar-refractivity contribution is 7.91. The molecule has 60 heavy (non-hydrogen) atoms. The zero-order chi connectivity index (χ0) is 42.9. The van der Waals surface area contributed by atoms with Gasteiger partial charge in [0.15, 0.2) is 0 Å². The molecule has 5 fully saturated rings. The van der Waals surface area contributed by atoms with E-state index in [9.17, 15) is 18.8 Å². The highest BCUT2D eigenvalue weighted by Crippen LogP contribution is 2.76. The van der Waals surface area contributed by atoms with Gasteiger partial charge in [0.25, 0.3) is 0 Å². The number of halogens is 1. The van der Waals surface area contributed by atoms with E-state index in [1.54, 1.807) is 0 Å². The number of aliphatic hydroxyl groups is 1. The zero-order valence-electron chi connectivity index (χ0n) is 38.3. The van der Waals surface area contributed by atoms with Gasteiger partial charge in [-0.3, -0.25) is 4.79 Å². The third-order valence-corrected chi connectivity index (χ3v) is 21.3. The molecule has 0 saturated heterocycles. The minimum Gasteiger partial charge on any atom is -0.616 e. The Balaban J connectivity index is 0.989. The van der Waals surface area contributed by atoms with Crippen molar-refractivity contribution < 1.29 is 23.6 Å². The van der Waals surface area contributed by atoms with Crippen molar-refractivity contribution >= 4 is 17.1 Å². The first-order valence-corrected chi connectivity index (χ1v) is 25.6. The van der Waals surface area contributed by atoms with E-state index in [2.05, 4.69) is 65.6 Å². The van der Waals surface area contributed by atoms with Gasteiger partial charge in [-0.25, -0.2) is 4.39 Å². The molecular formula is C53H78FNO4S. The maximum atomic E-state index is 14.8. The predicted octanol–water partition coefficient (Wildman–Crippen LogP) is 11.8. The highest BCUT2D eigenvalue weighted by Gasteiger charge is 2.70. The highest BCUT2D eigenvalue weighted by atomic mass is 32.2. The molecule has 0 bridgehead atoms.